The molecule has 0 fully saturated rings. The molecular formula is C18H16F6O. The van der Waals surface area contributed by atoms with Gasteiger partial charge in [-0.25, -0.2) is 0 Å². The van der Waals surface area contributed by atoms with Crippen LogP contribution in [0.4, 0.5) is 26.3 Å². The molecule has 0 spiro atoms. The first-order chi connectivity index (χ1) is 11.7. The second-order valence-corrected chi connectivity index (χ2v) is 5.55. The third-order valence-corrected chi connectivity index (χ3v) is 3.76. The minimum atomic E-state index is -4.61. The van der Waals surface area contributed by atoms with E-state index in [4.69, 9.17) is 4.74 Å². The summed E-state index contributed by atoms with van der Waals surface area (Å²) >= 11 is 0. The van der Waals surface area contributed by atoms with Crippen LogP contribution in [0.3, 0.4) is 0 Å². The van der Waals surface area contributed by atoms with Gasteiger partial charge in [-0.05, 0) is 11.1 Å². The first-order valence-corrected chi connectivity index (χ1v) is 7.50. The standard InChI is InChI=1S/C18H16F6O/c19-17(20,21)15(13-7-3-1-4-8-13)11-25-12-16(18(22,23)24)14-9-5-2-6-10-14/h1-10,15-16H,11-12H2. The van der Waals surface area contributed by atoms with Gasteiger partial charge in [-0.2, -0.15) is 26.3 Å². The van der Waals surface area contributed by atoms with Crippen LogP contribution in [0.1, 0.15) is 23.0 Å². The van der Waals surface area contributed by atoms with Crippen molar-refractivity contribution in [3.05, 3.63) is 71.8 Å². The number of ether oxygens (including phenoxy) is 1. The number of hydrogen-bond acceptors (Lipinski definition) is 1. The molecule has 0 heterocycles. The van der Waals surface area contributed by atoms with Gasteiger partial charge in [0.1, 0.15) is 11.8 Å². The Morgan fingerprint density at radius 1 is 0.600 bits per heavy atom. The highest BCUT2D eigenvalue weighted by molar-refractivity contribution is 5.22. The number of rotatable bonds is 6. The summed E-state index contributed by atoms with van der Waals surface area (Å²) in [6.07, 6.45) is -9.22. The van der Waals surface area contributed by atoms with Crippen molar-refractivity contribution in [2.24, 2.45) is 0 Å². The van der Waals surface area contributed by atoms with E-state index < -0.39 is 37.4 Å². The molecule has 0 radical (unpaired) electrons. The van der Waals surface area contributed by atoms with E-state index in [0.717, 1.165) is 0 Å². The molecule has 7 heteroatoms. The Kier molecular flexibility index (Phi) is 6.11. The van der Waals surface area contributed by atoms with Gasteiger partial charge in [-0.3, -0.25) is 0 Å². The first-order valence-electron chi connectivity index (χ1n) is 7.50. The summed E-state index contributed by atoms with van der Waals surface area (Å²) in [6, 6.07) is 14.0. The minimum absolute atomic E-state index is 0.0433. The molecule has 2 atom stereocenters. The molecule has 0 aliphatic heterocycles. The van der Waals surface area contributed by atoms with Gasteiger partial charge in [-0.1, -0.05) is 60.7 Å². The van der Waals surface area contributed by atoms with Gasteiger partial charge in [0.15, 0.2) is 0 Å². The van der Waals surface area contributed by atoms with Crippen molar-refractivity contribution in [1.82, 2.24) is 0 Å². The third-order valence-electron chi connectivity index (χ3n) is 3.76. The van der Waals surface area contributed by atoms with Crippen LogP contribution in [0.5, 0.6) is 0 Å². The average molecular weight is 362 g/mol. The molecule has 0 saturated heterocycles. The molecule has 0 bridgehead atoms. The molecule has 0 N–H and O–H groups in total. The van der Waals surface area contributed by atoms with E-state index in [-0.39, 0.29) is 11.1 Å². The SMILES string of the molecule is FC(F)(F)C(COCC(c1ccccc1)C(F)(F)F)c1ccccc1. The van der Waals surface area contributed by atoms with E-state index in [2.05, 4.69) is 0 Å². The van der Waals surface area contributed by atoms with Crippen LogP contribution in [0.2, 0.25) is 0 Å². The zero-order valence-electron chi connectivity index (χ0n) is 13.0. The van der Waals surface area contributed by atoms with E-state index >= 15 is 0 Å². The lowest BCUT2D eigenvalue weighted by Gasteiger charge is -2.24. The molecule has 2 rings (SSSR count). The second-order valence-electron chi connectivity index (χ2n) is 5.55. The lowest BCUT2D eigenvalue weighted by molar-refractivity contribution is -0.177. The molecule has 25 heavy (non-hydrogen) atoms. The zero-order valence-corrected chi connectivity index (χ0v) is 13.0. The summed E-state index contributed by atoms with van der Waals surface area (Å²) in [7, 11) is 0. The van der Waals surface area contributed by atoms with Crippen LogP contribution < -0.4 is 0 Å². The highest BCUT2D eigenvalue weighted by Crippen LogP contribution is 2.37. The first kappa shape index (κ1) is 19.3. The predicted molar refractivity (Wildman–Crippen MR) is 81.3 cm³/mol. The molecule has 0 amide bonds. The Morgan fingerprint density at radius 3 is 1.20 bits per heavy atom. The van der Waals surface area contributed by atoms with Crippen LogP contribution in [0, 0.1) is 0 Å². The number of halogens is 6. The topological polar surface area (TPSA) is 9.23 Å². The molecule has 1 nitrogen and oxygen atoms in total. The van der Waals surface area contributed by atoms with Crippen LogP contribution in [-0.4, -0.2) is 25.6 Å². The molecule has 0 aliphatic rings. The summed E-state index contributed by atoms with van der Waals surface area (Å²) in [5.41, 5.74) is -0.0865. The lowest BCUT2D eigenvalue weighted by atomic mass is 9.98. The number of alkyl halides is 6. The highest BCUT2D eigenvalue weighted by Gasteiger charge is 2.43. The van der Waals surface area contributed by atoms with Crippen molar-refractivity contribution in [2.45, 2.75) is 24.2 Å². The largest absolute Gasteiger partial charge is 0.397 e. The van der Waals surface area contributed by atoms with Crippen LogP contribution in [0.25, 0.3) is 0 Å². The van der Waals surface area contributed by atoms with Gasteiger partial charge in [0, 0.05) is 0 Å². The molecular weight excluding hydrogens is 346 g/mol. The predicted octanol–water partition coefficient (Wildman–Crippen LogP) is 5.70. The molecule has 2 aromatic rings. The second kappa shape index (κ2) is 7.91. The van der Waals surface area contributed by atoms with Crippen LogP contribution in [-0.2, 0) is 4.74 Å². The van der Waals surface area contributed by atoms with E-state index in [1.165, 1.54) is 48.5 Å². The minimum Gasteiger partial charge on any atom is -0.379 e. The van der Waals surface area contributed by atoms with Crippen molar-refractivity contribution in [3.8, 4) is 0 Å². The van der Waals surface area contributed by atoms with Crippen LogP contribution >= 0.6 is 0 Å². The van der Waals surface area contributed by atoms with Gasteiger partial charge in [-0.15, -0.1) is 0 Å². The number of hydrogen-bond donors (Lipinski definition) is 0. The molecule has 0 saturated carbocycles. The Morgan fingerprint density at radius 2 is 0.920 bits per heavy atom. The van der Waals surface area contributed by atoms with E-state index in [0.29, 0.717) is 0 Å². The Balaban J connectivity index is 2.09. The molecule has 0 aliphatic carbocycles. The Hall–Kier alpha value is -2.02. The fourth-order valence-electron chi connectivity index (χ4n) is 2.43. The molecule has 0 aromatic heterocycles. The van der Waals surface area contributed by atoms with E-state index in [9.17, 15) is 26.3 Å². The van der Waals surface area contributed by atoms with E-state index in [1.54, 1.807) is 12.1 Å². The third kappa shape index (κ3) is 5.49. The Bertz CT molecular complexity index is 579. The van der Waals surface area contributed by atoms with Crippen molar-refractivity contribution >= 4 is 0 Å². The fourth-order valence-corrected chi connectivity index (χ4v) is 2.43. The summed E-state index contributed by atoms with van der Waals surface area (Å²) in [5, 5.41) is 0. The van der Waals surface area contributed by atoms with Gasteiger partial charge >= 0.3 is 12.4 Å². The van der Waals surface area contributed by atoms with Crippen molar-refractivity contribution in [2.75, 3.05) is 13.2 Å². The maximum atomic E-state index is 13.2. The average Bonchev–Trinajstić information content (AvgIpc) is 2.54. The maximum Gasteiger partial charge on any atom is 0.397 e. The normalized spacial score (nSPS) is 15.0. The summed E-state index contributed by atoms with van der Waals surface area (Å²) < 4.78 is 84.0. The summed E-state index contributed by atoms with van der Waals surface area (Å²) in [5.74, 6) is -3.95. The lowest BCUT2D eigenvalue weighted by Crippen LogP contribution is -2.29. The van der Waals surface area contributed by atoms with Crippen molar-refractivity contribution in [3.63, 3.8) is 0 Å². The quantitative estimate of drug-likeness (QED) is 0.600. The highest BCUT2D eigenvalue weighted by atomic mass is 19.4. The zero-order chi connectivity index (χ0) is 18.5. The summed E-state index contributed by atoms with van der Waals surface area (Å²) in [4.78, 5) is 0. The smallest absolute Gasteiger partial charge is 0.379 e. The van der Waals surface area contributed by atoms with Gasteiger partial charge < -0.3 is 4.74 Å². The van der Waals surface area contributed by atoms with Crippen molar-refractivity contribution < 1.29 is 31.1 Å². The van der Waals surface area contributed by atoms with Crippen LogP contribution in [0.15, 0.2) is 60.7 Å². The van der Waals surface area contributed by atoms with Gasteiger partial charge in [0.05, 0.1) is 13.2 Å². The van der Waals surface area contributed by atoms with Gasteiger partial charge in [0.2, 0.25) is 0 Å². The monoisotopic (exact) mass is 362 g/mol. The molecule has 2 aromatic carbocycles. The maximum absolute atomic E-state index is 13.2. The molecule has 136 valence electrons. The summed E-state index contributed by atoms with van der Waals surface area (Å²) in [6.45, 7) is -1.74. The van der Waals surface area contributed by atoms with E-state index in [1.807, 2.05) is 0 Å². The van der Waals surface area contributed by atoms with Crippen molar-refractivity contribution in [1.29, 1.82) is 0 Å². The number of benzene rings is 2. The molecule has 2 unspecified atom stereocenters. The van der Waals surface area contributed by atoms with Gasteiger partial charge in [0.25, 0.3) is 0 Å². The Labute approximate surface area is 141 Å². The fraction of sp³-hybridized carbons (Fsp3) is 0.333.